The minimum Gasteiger partial charge on any atom is -0.394 e. The molecule has 0 saturated carbocycles. The molecule has 0 radical (unpaired) electrons. The number of aliphatic hydroxyl groups is 2. The van der Waals surface area contributed by atoms with Crippen LogP contribution in [0.15, 0.2) is 24.3 Å². The maximum absolute atomic E-state index is 12.5. The van der Waals surface area contributed by atoms with Crippen molar-refractivity contribution < 1.29 is 15.0 Å². The van der Waals surface area contributed by atoms with Crippen LogP contribution in [0.5, 0.6) is 0 Å². The van der Waals surface area contributed by atoms with Crippen molar-refractivity contribution in [3.8, 4) is 0 Å². The van der Waals surface area contributed by atoms with Gasteiger partial charge in [0.05, 0.1) is 18.8 Å². The van der Waals surface area contributed by atoms with Crippen LogP contribution in [-0.2, 0) is 4.79 Å². The highest BCUT2D eigenvalue weighted by molar-refractivity contribution is 5.76. The van der Waals surface area contributed by atoms with Crippen molar-refractivity contribution in [2.45, 2.75) is 379 Å². The Morgan fingerprint density at radius 1 is 0.348 bits per heavy atom. The van der Waals surface area contributed by atoms with E-state index in [1.807, 2.05) is 0 Å². The lowest BCUT2D eigenvalue weighted by Crippen LogP contribution is -2.45. The second kappa shape index (κ2) is 61.2. The van der Waals surface area contributed by atoms with E-state index in [9.17, 15) is 15.0 Å². The summed E-state index contributed by atoms with van der Waals surface area (Å²) in [5, 5.41) is 23.4. The highest BCUT2D eigenvalue weighted by atomic mass is 16.3. The van der Waals surface area contributed by atoms with Crippen molar-refractivity contribution in [1.82, 2.24) is 5.32 Å². The average Bonchev–Trinajstić information content (AvgIpc) is 3.35. The van der Waals surface area contributed by atoms with E-state index in [0.717, 1.165) is 32.1 Å². The first-order chi connectivity index (χ1) is 34.2. The smallest absolute Gasteiger partial charge is 0.220 e. The molecule has 0 saturated heterocycles. The topological polar surface area (TPSA) is 69.6 Å². The fraction of sp³-hybridized carbons (Fsp3) is 0.923. The highest BCUT2D eigenvalue weighted by Crippen LogP contribution is 2.19. The Bertz CT molecular complexity index is 1010. The normalized spacial score (nSPS) is 12.8. The van der Waals surface area contributed by atoms with E-state index < -0.39 is 12.1 Å². The predicted octanol–water partition coefficient (Wildman–Crippen LogP) is 21.4. The maximum Gasteiger partial charge on any atom is 0.220 e. The molecule has 4 heteroatoms. The van der Waals surface area contributed by atoms with E-state index in [0.29, 0.717) is 12.8 Å². The van der Waals surface area contributed by atoms with E-state index >= 15 is 0 Å². The largest absolute Gasteiger partial charge is 0.394 e. The zero-order chi connectivity index (χ0) is 49.9. The number of unbranched alkanes of at least 4 members (excludes halogenated alkanes) is 49. The molecule has 0 bridgehead atoms. The molecule has 3 N–H and O–H groups in total. The van der Waals surface area contributed by atoms with Gasteiger partial charge in [-0.3, -0.25) is 4.79 Å². The number of amides is 1. The summed E-state index contributed by atoms with van der Waals surface area (Å²) < 4.78 is 0. The minimum absolute atomic E-state index is 0.0227. The number of carbonyl (C=O) groups is 1. The Kier molecular flexibility index (Phi) is 60.2. The second-order valence-electron chi connectivity index (χ2n) is 22.2. The van der Waals surface area contributed by atoms with Gasteiger partial charge in [0.2, 0.25) is 5.91 Å². The molecular formula is C65H127NO3. The van der Waals surface area contributed by atoms with Crippen molar-refractivity contribution in [1.29, 1.82) is 0 Å². The van der Waals surface area contributed by atoms with Crippen LogP contribution >= 0.6 is 0 Å². The van der Waals surface area contributed by atoms with Gasteiger partial charge in [-0.1, -0.05) is 340 Å². The van der Waals surface area contributed by atoms with Gasteiger partial charge in [-0.25, -0.2) is 0 Å². The van der Waals surface area contributed by atoms with Gasteiger partial charge in [0, 0.05) is 6.42 Å². The molecule has 410 valence electrons. The molecule has 69 heavy (non-hydrogen) atoms. The molecule has 4 nitrogen and oxygen atoms in total. The summed E-state index contributed by atoms with van der Waals surface area (Å²) in [5.74, 6) is -0.0227. The first kappa shape index (κ1) is 67.9. The molecule has 0 rings (SSSR count). The van der Waals surface area contributed by atoms with Crippen molar-refractivity contribution in [3.63, 3.8) is 0 Å². The molecule has 0 fully saturated rings. The van der Waals surface area contributed by atoms with Gasteiger partial charge >= 0.3 is 0 Å². The third-order valence-electron chi connectivity index (χ3n) is 15.2. The fourth-order valence-corrected chi connectivity index (χ4v) is 10.3. The molecular weight excluding hydrogens is 843 g/mol. The lowest BCUT2D eigenvalue weighted by Gasteiger charge is -2.22. The summed E-state index contributed by atoms with van der Waals surface area (Å²) in [4.78, 5) is 12.5. The van der Waals surface area contributed by atoms with Gasteiger partial charge in [-0.15, -0.1) is 0 Å². The first-order valence-corrected chi connectivity index (χ1v) is 32.0. The zero-order valence-corrected chi connectivity index (χ0v) is 47.4. The van der Waals surface area contributed by atoms with Gasteiger partial charge < -0.3 is 15.5 Å². The number of hydrogen-bond acceptors (Lipinski definition) is 3. The Morgan fingerprint density at radius 2 is 0.594 bits per heavy atom. The van der Waals surface area contributed by atoms with E-state index in [4.69, 9.17) is 0 Å². The summed E-state index contributed by atoms with van der Waals surface area (Å²) in [7, 11) is 0. The second-order valence-corrected chi connectivity index (χ2v) is 22.2. The van der Waals surface area contributed by atoms with Crippen molar-refractivity contribution >= 4 is 5.91 Å². The number of allylic oxidation sites excluding steroid dienone is 4. The van der Waals surface area contributed by atoms with E-state index in [2.05, 4.69) is 43.5 Å². The summed E-state index contributed by atoms with van der Waals surface area (Å²) in [5.41, 5.74) is 0. The standard InChI is InChI=1S/C65H127NO3/c1-3-5-7-9-11-13-15-17-19-21-23-25-27-29-30-31-32-33-34-35-36-37-39-41-43-45-47-49-51-53-55-57-59-61-65(69)66-63(62-67)64(68)60-58-56-54-52-50-48-46-44-42-40-38-28-26-24-22-20-18-16-14-12-10-8-6-4-2/h15,17,21,23,63-64,67-68H,3-14,16,18-20,22,24-62H2,1-2H3,(H,66,69)/b17-15-,23-21-. The van der Waals surface area contributed by atoms with Crippen molar-refractivity contribution in [2.24, 2.45) is 0 Å². The number of carbonyl (C=O) groups excluding carboxylic acids is 1. The molecule has 0 heterocycles. The highest BCUT2D eigenvalue weighted by Gasteiger charge is 2.20. The summed E-state index contributed by atoms with van der Waals surface area (Å²) in [6, 6.07) is -0.535. The Labute approximate surface area is 434 Å². The van der Waals surface area contributed by atoms with Crippen LogP contribution in [0.2, 0.25) is 0 Å². The number of aliphatic hydroxyl groups excluding tert-OH is 2. The molecule has 0 aliphatic carbocycles. The summed E-state index contributed by atoms with van der Waals surface area (Å²) >= 11 is 0. The lowest BCUT2D eigenvalue weighted by molar-refractivity contribution is -0.123. The van der Waals surface area contributed by atoms with Crippen LogP contribution in [-0.4, -0.2) is 34.9 Å². The third kappa shape index (κ3) is 57.6. The van der Waals surface area contributed by atoms with Crippen LogP contribution in [0.3, 0.4) is 0 Å². The molecule has 0 aromatic rings. The van der Waals surface area contributed by atoms with E-state index in [-0.39, 0.29) is 12.5 Å². The molecule has 0 aromatic heterocycles. The average molecular weight is 971 g/mol. The Hall–Kier alpha value is -1.13. The molecule has 0 aliphatic heterocycles. The number of nitrogens with one attached hydrogen (secondary N) is 1. The number of rotatable bonds is 60. The number of hydrogen-bond donors (Lipinski definition) is 3. The fourth-order valence-electron chi connectivity index (χ4n) is 10.3. The summed E-state index contributed by atoms with van der Waals surface area (Å²) in [6.45, 7) is 4.39. The van der Waals surface area contributed by atoms with E-state index in [1.165, 1.54) is 308 Å². The van der Waals surface area contributed by atoms with Crippen LogP contribution in [0, 0.1) is 0 Å². The first-order valence-electron chi connectivity index (χ1n) is 32.0. The Morgan fingerprint density at radius 3 is 0.870 bits per heavy atom. The third-order valence-corrected chi connectivity index (χ3v) is 15.2. The monoisotopic (exact) mass is 970 g/mol. The van der Waals surface area contributed by atoms with Crippen LogP contribution < -0.4 is 5.32 Å². The van der Waals surface area contributed by atoms with Gasteiger partial charge in [-0.2, -0.15) is 0 Å². The molecule has 0 aromatic carbocycles. The zero-order valence-electron chi connectivity index (χ0n) is 47.4. The SMILES string of the molecule is CCCCCCC/C=C\C/C=C\CCCCCCCCCCCCCCCCCCCCCCCC(=O)NC(CO)C(O)CCCCCCCCCCCCCCCCCCCCCCCCCC. The lowest BCUT2D eigenvalue weighted by atomic mass is 10.0. The van der Waals surface area contributed by atoms with Crippen molar-refractivity contribution in [2.75, 3.05) is 6.61 Å². The predicted molar refractivity (Wildman–Crippen MR) is 309 cm³/mol. The Balaban J connectivity index is 3.39. The molecule has 2 unspecified atom stereocenters. The maximum atomic E-state index is 12.5. The van der Waals surface area contributed by atoms with Crippen LogP contribution in [0.1, 0.15) is 367 Å². The van der Waals surface area contributed by atoms with Gasteiger partial charge in [0.25, 0.3) is 0 Å². The van der Waals surface area contributed by atoms with Crippen molar-refractivity contribution in [3.05, 3.63) is 24.3 Å². The quantitative estimate of drug-likeness (QED) is 0.0420. The van der Waals surface area contributed by atoms with E-state index in [1.54, 1.807) is 0 Å². The minimum atomic E-state index is -0.658. The summed E-state index contributed by atoms with van der Waals surface area (Å²) in [6.07, 6.45) is 82.0. The molecule has 2 atom stereocenters. The van der Waals surface area contributed by atoms with Gasteiger partial charge in [-0.05, 0) is 44.9 Å². The molecule has 1 amide bonds. The van der Waals surface area contributed by atoms with Gasteiger partial charge in [0.1, 0.15) is 0 Å². The van der Waals surface area contributed by atoms with Crippen LogP contribution in [0.25, 0.3) is 0 Å². The molecule has 0 spiro atoms. The van der Waals surface area contributed by atoms with Gasteiger partial charge in [0.15, 0.2) is 0 Å². The molecule has 0 aliphatic rings. The van der Waals surface area contributed by atoms with Crippen LogP contribution in [0.4, 0.5) is 0 Å².